The van der Waals surface area contributed by atoms with Crippen LogP contribution in [0.25, 0.3) is 0 Å². The van der Waals surface area contributed by atoms with Crippen molar-refractivity contribution < 1.29 is 4.79 Å². The van der Waals surface area contributed by atoms with Gasteiger partial charge in [-0.1, -0.05) is 26.0 Å². The van der Waals surface area contributed by atoms with Gasteiger partial charge < -0.3 is 10.2 Å². The van der Waals surface area contributed by atoms with Crippen molar-refractivity contribution in [3.05, 3.63) is 46.9 Å². The average Bonchev–Trinajstić information content (AvgIpc) is 3.22. The van der Waals surface area contributed by atoms with Crippen LogP contribution in [0, 0.1) is 0 Å². The van der Waals surface area contributed by atoms with Gasteiger partial charge in [0, 0.05) is 56.8 Å². The monoisotopic (exact) mass is 393 g/mol. The second kappa shape index (κ2) is 8.49. The predicted molar refractivity (Wildman–Crippen MR) is 116 cm³/mol. The molecule has 3 heterocycles. The quantitative estimate of drug-likeness (QED) is 0.839. The SMILES string of the molecule is CC(=O)Nc1ccc(CN2CCc3c(nc(C(C)C)nc3N3CCCC3)C2)cc1. The summed E-state index contributed by atoms with van der Waals surface area (Å²) in [5, 5.41) is 2.82. The molecule has 29 heavy (non-hydrogen) atoms. The van der Waals surface area contributed by atoms with Crippen LogP contribution in [-0.4, -0.2) is 40.4 Å². The molecule has 0 saturated carbocycles. The first-order chi connectivity index (χ1) is 14.0. The van der Waals surface area contributed by atoms with Crippen molar-refractivity contribution in [2.75, 3.05) is 29.9 Å². The van der Waals surface area contributed by atoms with Crippen LogP contribution >= 0.6 is 0 Å². The van der Waals surface area contributed by atoms with Crippen molar-refractivity contribution in [3.63, 3.8) is 0 Å². The van der Waals surface area contributed by atoms with Gasteiger partial charge in [0.2, 0.25) is 5.91 Å². The molecule has 6 nitrogen and oxygen atoms in total. The van der Waals surface area contributed by atoms with E-state index in [1.807, 2.05) is 12.1 Å². The number of nitrogens with one attached hydrogen (secondary N) is 1. The number of nitrogens with zero attached hydrogens (tertiary/aromatic N) is 4. The lowest BCUT2D eigenvalue weighted by atomic mass is 10.0. The smallest absolute Gasteiger partial charge is 0.221 e. The topological polar surface area (TPSA) is 61.4 Å². The Morgan fingerprint density at radius 3 is 2.48 bits per heavy atom. The molecule has 1 aromatic heterocycles. The lowest BCUT2D eigenvalue weighted by Crippen LogP contribution is -2.33. The van der Waals surface area contributed by atoms with E-state index in [0.717, 1.165) is 50.7 Å². The molecule has 2 aromatic rings. The number of aromatic nitrogens is 2. The molecule has 0 atom stereocenters. The van der Waals surface area contributed by atoms with E-state index in [9.17, 15) is 4.79 Å². The number of hydrogen-bond acceptors (Lipinski definition) is 5. The van der Waals surface area contributed by atoms with Crippen LogP contribution < -0.4 is 10.2 Å². The van der Waals surface area contributed by atoms with Crippen LogP contribution in [0.3, 0.4) is 0 Å². The molecular weight excluding hydrogens is 362 g/mol. The minimum absolute atomic E-state index is 0.0418. The lowest BCUT2D eigenvalue weighted by Gasteiger charge is -2.31. The molecule has 1 N–H and O–H groups in total. The lowest BCUT2D eigenvalue weighted by molar-refractivity contribution is -0.114. The summed E-state index contributed by atoms with van der Waals surface area (Å²) in [6, 6.07) is 8.13. The maximum absolute atomic E-state index is 11.2. The Labute approximate surface area is 173 Å². The van der Waals surface area contributed by atoms with E-state index in [1.165, 1.54) is 42.4 Å². The summed E-state index contributed by atoms with van der Waals surface area (Å²) in [6.45, 7) is 10.9. The first-order valence-corrected chi connectivity index (χ1v) is 10.7. The fraction of sp³-hybridized carbons (Fsp3) is 0.522. The normalized spacial score (nSPS) is 16.9. The zero-order chi connectivity index (χ0) is 20.4. The Morgan fingerprint density at radius 1 is 1.10 bits per heavy atom. The summed E-state index contributed by atoms with van der Waals surface area (Å²) < 4.78 is 0. The molecule has 0 aliphatic carbocycles. The fourth-order valence-corrected chi connectivity index (χ4v) is 4.22. The predicted octanol–water partition coefficient (Wildman–Crippen LogP) is 3.72. The first kappa shape index (κ1) is 19.8. The van der Waals surface area contributed by atoms with Crippen molar-refractivity contribution in [3.8, 4) is 0 Å². The number of fused-ring (bicyclic) bond motifs is 1. The van der Waals surface area contributed by atoms with Crippen molar-refractivity contribution in [2.45, 2.75) is 59.0 Å². The fourth-order valence-electron chi connectivity index (χ4n) is 4.22. The largest absolute Gasteiger partial charge is 0.356 e. The molecule has 4 rings (SSSR count). The third kappa shape index (κ3) is 4.58. The van der Waals surface area contributed by atoms with E-state index in [0.29, 0.717) is 5.92 Å². The molecule has 0 radical (unpaired) electrons. The van der Waals surface area contributed by atoms with Gasteiger partial charge in [0.15, 0.2) is 0 Å². The van der Waals surface area contributed by atoms with Crippen molar-refractivity contribution >= 4 is 17.4 Å². The Bertz CT molecular complexity index is 872. The highest BCUT2D eigenvalue weighted by Crippen LogP contribution is 2.30. The molecule has 0 unspecified atom stereocenters. The highest BCUT2D eigenvalue weighted by Gasteiger charge is 2.26. The van der Waals surface area contributed by atoms with Crippen LogP contribution in [0.4, 0.5) is 11.5 Å². The maximum atomic E-state index is 11.2. The molecule has 2 aliphatic heterocycles. The number of rotatable bonds is 5. The molecule has 1 saturated heterocycles. The van der Waals surface area contributed by atoms with Gasteiger partial charge in [-0.05, 0) is 37.0 Å². The first-order valence-electron chi connectivity index (χ1n) is 10.7. The number of hydrogen-bond donors (Lipinski definition) is 1. The van der Waals surface area contributed by atoms with E-state index in [-0.39, 0.29) is 5.91 Å². The molecular formula is C23H31N5O. The van der Waals surface area contributed by atoms with Gasteiger partial charge in [-0.2, -0.15) is 0 Å². The van der Waals surface area contributed by atoms with Gasteiger partial charge in [0.05, 0.1) is 5.69 Å². The molecule has 1 fully saturated rings. The molecule has 6 heteroatoms. The molecule has 0 spiro atoms. The van der Waals surface area contributed by atoms with E-state index in [1.54, 1.807) is 0 Å². The summed E-state index contributed by atoms with van der Waals surface area (Å²) in [4.78, 5) is 26.0. The number of carbonyl (C=O) groups excluding carboxylic acids is 1. The molecule has 1 amide bonds. The highest BCUT2D eigenvalue weighted by molar-refractivity contribution is 5.88. The molecule has 154 valence electrons. The van der Waals surface area contributed by atoms with E-state index < -0.39 is 0 Å². The van der Waals surface area contributed by atoms with Gasteiger partial charge >= 0.3 is 0 Å². The zero-order valence-electron chi connectivity index (χ0n) is 17.7. The minimum atomic E-state index is -0.0418. The minimum Gasteiger partial charge on any atom is -0.356 e. The molecule has 2 aliphatic rings. The van der Waals surface area contributed by atoms with E-state index in [2.05, 4.69) is 41.1 Å². The standard InChI is InChI=1S/C23H31N5O/c1-16(2)22-25-21-15-27(14-18-6-8-19(9-7-18)24-17(3)29)13-10-20(21)23(26-22)28-11-4-5-12-28/h6-9,16H,4-5,10-15H2,1-3H3,(H,24,29). The van der Waals surface area contributed by atoms with Crippen LogP contribution in [0.1, 0.15) is 62.2 Å². The van der Waals surface area contributed by atoms with Gasteiger partial charge in [-0.15, -0.1) is 0 Å². The number of benzene rings is 1. The molecule has 0 bridgehead atoms. The Balaban J connectivity index is 1.52. The third-order valence-corrected chi connectivity index (χ3v) is 5.74. The van der Waals surface area contributed by atoms with Crippen molar-refractivity contribution in [2.24, 2.45) is 0 Å². The van der Waals surface area contributed by atoms with Crippen LogP contribution in [0.15, 0.2) is 24.3 Å². The summed E-state index contributed by atoms with van der Waals surface area (Å²) in [5.41, 5.74) is 4.65. The van der Waals surface area contributed by atoms with Gasteiger partial charge in [0.1, 0.15) is 11.6 Å². The van der Waals surface area contributed by atoms with Crippen molar-refractivity contribution in [1.29, 1.82) is 0 Å². The summed E-state index contributed by atoms with van der Waals surface area (Å²) in [7, 11) is 0. The highest BCUT2D eigenvalue weighted by atomic mass is 16.1. The van der Waals surface area contributed by atoms with Crippen molar-refractivity contribution in [1.82, 2.24) is 14.9 Å². The van der Waals surface area contributed by atoms with Gasteiger partial charge in [-0.25, -0.2) is 9.97 Å². The maximum Gasteiger partial charge on any atom is 0.221 e. The summed E-state index contributed by atoms with van der Waals surface area (Å²) in [6.07, 6.45) is 3.52. The number of carbonyl (C=O) groups is 1. The Kier molecular flexibility index (Phi) is 5.81. The van der Waals surface area contributed by atoms with Crippen LogP contribution in [0.2, 0.25) is 0 Å². The van der Waals surface area contributed by atoms with Gasteiger partial charge in [0.25, 0.3) is 0 Å². The second-order valence-corrected chi connectivity index (χ2v) is 8.52. The average molecular weight is 394 g/mol. The molecule has 1 aromatic carbocycles. The Morgan fingerprint density at radius 2 is 1.83 bits per heavy atom. The van der Waals surface area contributed by atoms with Crippen LogP contribution in [-0.2, 0) is 24.3 Å². The summed E-state index contributed by atoms with van der Waals surface area (Å²) in [5.74, 6) is 2.45. The zero-order valence-corrected chi connectivity index (χ0v) is 17.7. The van der Waals surface area contributed by atoms with Crippen LogP contribution in [0.5, 0.6) is 0 Å². The second-order valence-electron chi connectivity index (χ2n) is 8.52. The van der Waals surface area contributed by atoms with E-state index in [4.69, 9.17) is 9.97 Å². The number of anilines is 2. The Hall–Kier alpha value is -2.47. The third-order valence-electron chi connectivity index (χ3n) is 5.74. The summed E-state index contributed by atoms with van der Waals surface area (Å²) >= 11 is 0. The van der Waals surface area contributed by atoms with Gasteiger partial charge in [-0.3, -0.25) is 9.69 Å². The number of amides is 1. The van der Waals surface area contributed by atoms with E-state index >= 15 is 0 Å².